The highest BCUT2D eigenvalue weighted by atomic mass is 15.3. The lowest BCUT2D eigenvalue weighted by Gasteiger charge is -2.46. The largest absolute Gasteiger partial charge is 0.400 e. The molecule has 1 aromatic rings. The molecule has 2 aliphatic heterocycles. The highest BCUT2D eigenvalue weighted by molar-refractivity contribution is 5.87. The van der Waals surface area contributed by atoms with E-state index in [4.69, 9.17) is 5.73 Å². The Morgan fingerprint density at radius 2 is 2.07 bits per heavy atom. The predicted molar refractivity (Wildman–Crippen MR) is 114 cm³/mol. The third kappa shape index (κ3) is 4.05. The Morgan fingerprint density at radius 3 is 2.78 bits per heavy atom. The summed E-state index contributed by atoms with van der Waals surface area (Å²) in [6.07, 6.45) is 8.64. The number of allylic oxidation sites excluding steroid dienone is 1. The number of likely N-dealkylation sites (N-methyl/N-ethyl adjacent to an activating group) is 1. The Balaban J connectivity index is 0.00000140. The summed E-state index contributed by atoms with van der Waals surface area (Å²) in [5.74, 6) is 2.22. The van der Waals surface area contributed by atoms with Crippen LogP contribution < -0.4 is 17.2 Å². The molecule has 7 heteroatoms. The van der Waals surface area contributed by atoms with Crippen molar-refractivity contribution < 1.29 is 1.43 Å². The molecule has 0 bridgehead atoms. The molecule has 4 rings (SSSR count). The van der Waals surface area contributed by atoms with Crippen molar-refractivity contribution in [2.24, 2.45) is 22.6 Å². The maximum atomic E-state index is 6.57. The van der Waals surface area contributed by atoms with Crippen LogP contribution in [0.2, 0.25) is 0 Å². The zero-order chi connectivity index (χ0) is 18.1. The number of nitrogens with zero attached hydrogens (tertiary/aromatic N) is 3. The third-order valence-corrected chi connectivity index (χ3v) is 6.55. The number of aromatic nitrogens is 1. The molecule has 0 radical (unpaired) electrons. The molecular formula is C20H37N7. The van der Waals surface area contributed by atoms with Crippen molar-refractivity contribution in [1.29, 1.82) is 0 Å². The molecule has 0 spiro atoms. The maximum Gasteiger partial charge on any atom is 0.141 e. The number of likely N-dealkylation sites (tertiary alicyclic amines) is 1. The second-order valence-electron chi connectivity index (χ2n) is 8.14. The summed E-state index contributed by atoms with van der Waals surface area (Å²) >= 11 is 0. The van der Waals surface area contributed by atoms with E-state index in [-0.39, 0.29) is 7.58 Å². The molecule has 27 heavy (non-hydrogen) atoms. The summed E-state index contributed by atoms with van der Waals surface area (Å²) < 4.78 is 0. The van der Waals surface area contributed by atoms with Gasteiger partial charge in [0.2, 0.25) is 0 Å². The highest BCUT2D eigenvalue weighted by Gasteiger charge is 2.32. The van der Waals surface area contributed by atoms with Crippen LogP contribution in [0, 0.1) is 11.8 Å². The first kappa shape index (κ1) is 19.9. The lowest BCUT2D eigenvalue weighted by molar-refractivity contribution is 0.0339. The van der Waals surface area contributed by atoms with E-state index in [0.29, 0.717) is 5.92 Å². The van der Waals surface area contributed by atoms with Gasteiger partial charge in [-0.25, -0.2) is 4.99 Å². The number of fused-ring (bicyclic) bond motifs is 1. The lowest BCUT2D eigenvalue weighted by atomic mass is 9.79. The monoisotopic (exact) mass is 375 g/mol. The minimum Gasteiger partial charge on any atom is -0.400 e. The van der Waals surface area contributed by atoms with Crippen LogP contribution in [0.1, 0.15) is 39.6 Å². The van der Waals surface area contributed by atoms with E-state index in [1.807, 2.05) is 6.20 Å². The molecule has 0 atom stereocenters. The summed E-state index contributed by atoms with van der Waals surface area (Å²) in [5, 5.41) is 3.27. The van der Waals surface area contributed by atoms with Gasteiger partial charge in [0.1, 0.15) is 5.82 Å². The van der Waals surface area contributed by atoms with Crippen LogP contribution in [-0.2, 0) is 0 Å². The summed E-state index contributed by atoms with van der Waals surface area (Å²) in [7, 11) is 2.24. The molecule has 3 heterocycles. The SMILES string of the molecule is CCN(C)C1CN(CC2CCC(/C(N)=C3/NC=Nc4[nH]ccc43)CC2)C1.N.[HH]. The molecule has 152 valence electrons. The van der Waals surface area contributed by atoms with Crippen molar-refractivity contribution in [2.75, 3.05) is 33.2 Å². The second kappa shape index (κ2) is 8.46. The fourth-order valence-electron chi connectivity index (χ4n) is 4.60. The van der Waals surface area contributed by atoms with Gasteiger partial charge >= 0.3 is 0 Å². The molecule has 2 fully saturated rings. The predicted octanol–water partition coefficient (Wildman–Crippen LogP) is 2.76. The zero-order valence-electron chi connectivity index (χ0n) is 16.7. The standard InChI is InChI=1S/C20H32N6.H3N.H2/c1-3-25(2)16-11-26(12-16)10-14-4-6-15(7-5-14)18(21)19-17-8-9-22-20(17)24-13-23-19;;/h8-9,13-16,22H,3-7,10-12,21H2,1-2H3,(H,23,24);1H3;1H/b19-18-;;. The number of hydrogen-bond acceptors (Lipinski definition) is 6. The van der Waals surface area contributed by atoms with Gasteiger partial charge in [-0.15, -0.1) is 0 Å². The molecule has 0 aromatic carbocycles. The van der Waals surface area contributed by atoms with E-state index in [1.54, 1.807) is 6.34 Å². The van der Waals surface area contributed by atoms with E-state index in [1.165, 1.54) is 45.3 Å². The van der Waals surface area contributed by atoms with Crippen molar-refractivity contribution in [3.63, 3.8) is 0 Å². The second-order valence-corrected chi connectivity index (χ2v) is 8.14. The molecular weight excluding hydrogens is 338 g/mol. The van der Waals surface area contributed by atoms with Gasteiger partial charge in [0.15, 0.2) is 0 Å². The fraction of sp³-hybridized carbons (Fsp3) is 0.650. The van der Waals surface area contributed by atoms with E-state index in [9.17, 15) is 0 Å². The highest BCUT2D eigenvalue weighted by Crippen LogP contribution is 2.36. The van der Waals surface area contributed by atoms with Crippen LogP contribution in [0.5, 0.6) is 0 Å². The van der Waals surface area contributed by atoms with E-state index in [2.05, 4.69) is 45.1 Å². The van der Waals surface area contributed by atoms with Crippen molar-refractivity contribution in [3.8, 4) is 0 Å². The molecule has 3 aliphatic rings. The maximum absolute atomic E-state index is 6.57. The van der Waals surface area contributed by atoms with Crippen LogP contribution in [0.25, 0.3) is 5.70 Å². The minimum absolute atomic E-state index is 0. The average molecular weight is 376 g/mol. The molecule has 1 aliphatic carbocycles. The number of nitrogens with one attached hydrogen (secondary N) is 2. The van der Waals surface area contributed by atoms with Gasteiger partial charge in [0.25, 0.3) is 0 Å². The van der Waals surface area contributed by atoms with Gasteiger partial charge in [-0.05, 0) is 51.3 Å². The van der Waals surface area contributed by atoms with E-state index in [0.717, 1.165) is 41.3 Å². The zero-order valence-corrected chi connectivity index (χ0v) is 16.7. The van der Waals surface area contributed by atoms with Crippen LogP contribution in [-0.4, -0.2) is 60.4 Å². The Kier molecular flexibility index (Phi) is 6.24. The summed E-state index contributed by atoms with van der Waals surface area (Å²) in [4.78, 5) is 12.6. The Labute approximate surface area is 164 Å². The van der Waals surface area contributed by atoms with E-state index < -0.39 is 0 Å². The number of nitrogens with two attached hydrogens (primary N) is 1. The van der Waals surface area contributed by atoms with Gasteiger partial charge in [-0.2, -0.15) is 0 Å². The van der Waals surface area contributed by atoms with Gasteiger partial charge in [-0.1, -0.05) is 6.92 Å². The quantitative estimate of drug-likeness (QED) is 0.633. The number of aromatic amines is 1. The minimum atomic E-state index is 0. The Morgan fingerprint density at radius 1 is 1.33 bits per heavy atom. The summed E-state index contributed by atoms with van der Waals surface area (Å²) in [6.45, 7) is 7.15. The molecule has 1 aromatic heterocycles. The van der Waals surface area contributed by atoms with Crippen molar-refractivity contribution in [2.45, 2.75) is 38.6 Å². The van der Waals surface area contributed by atoms with Gasteiger partial charge in [-0.3, -0.25) is 4.90 Å². The van der Waals surface area contributed by atoms with Gasteiger partial charge in [0.05, 0.1) is 12.0 Å². The first-order valence-corrected chi connectivity index (χ1v) is 10.0. The normalized spacial score (nSPS) is 27.5. The first-order chi connectivity index (χ1) is 12.7. The van der Waals surface area contributed by atoms with Crippen LogP contribution in [0.15, 0.2) is 23.0 Å². The van der Waals surface area contributed by atoms with Gasteiger partial charge < -0.3 is 27.1 Å². The fourth-order valence-corrected chi connectivity index (χ4v) is 4.60. The molecule has 7 nitrogen and oxygen atoms in total. The average Bonchev–Trinajstić information content (AvgIpc) is 3.12. The van der Waals surface area contributed by atoms with Crippen molar-refractivity contribution >= 4 is 17.9 Å². The molecule has 0 amide bonds. The summed E-state index contributed by atoms with van der Waals surface area (Å²) in [5.41, 5.74) is 9.72. The van der Waals surface area contributed by atoms with Crippen LogP contribution in [0.3, 0.4) is 0 Å². The van der Waals surface area contributed by atoms with Crippen LogP contribution in [0.4, 0.5) is 5.82 Å². The Bertz CT molecular complexity index is 684. The topological polar surface area (TPSA) is 108 Å². The smallest absolute Gasteiger partial charge is 0.141 e. The van der Waals surface area contributed by atoms with Crippen LogP contribution >= 0.6 is 0 Å². The Hall–Kier alpha value is -1.83. The first-order valence-electron chi connectivity index (χ1n) is 10.0. The molecule has 1 saturated heterocycles. The summed E-state index contributed by atoms with van der Waals surface area (Å²) in [6, 6.07) is 2.83. The molecule has 0 unspecified atom stereocenters. The number of rotatable bonds is 5. The molecule has 1 saturated carbocycles. The number of H-pyrrole nitrogens is 1. The number of hydrogen-bond donors (Lipinski definition) is 4. The van der Waals surface area contributed by atoms with E-state index >= 15 is 0 Å². The van der Waals surface area contributed by atoms with Gasteiger partial charge in [0, 0.05) is 50.5 Å². The lowest BCUT2D eigenvalue weighted by Crippen LogP contribution is -2.59. The third-order valence-electron chi connectivity index (χ3n) is 6.55. The molecule has 7 N–H and O–H groups in total. The van der Waals surface area contributed by atoms with Crippen molar-refractivity contribution in [1.82, 2.24) is 26.3 Å². The number of aliphatic imine (C=N–C) groups is 1. The van der Waals surface area contributed by atoms with Crippen molar-refractivity contribution in [3.05, 3.63) is 23.5 Å².